The van der Waals surface area contributed by atoms with Gasteiger partial charge in [0.2, 0.25) is 0 Å². The fourth-order valence-corrected chi connectivity index (χ4v) is 1.85. The Morgan fingerprint density at radius 1 is 1.16 bits per heavy atom. The Kier molecular flexibility index (Phi) is 7.34. The van der Waals surface area contributed by atoms with Gasteiger partial charge >= 0.3 is 0 Å². The predicted molar refractivity (Wildman–Crippen MR) is 80.2 cm³/mol. The lowest BCUT2D eigenvalue weighted by molar-refractivity contribution is 0.285. The zero-order valence-corrected chi connectivity index (χ0v) is 12.7. The number of hydrogen-bond acceptors (Lipinski definition) is 3. The van der Waals surface area contributed by atoms with Gasteiger partial charge in [0.1, 0.15) is 0 Å². The summed E-state index contributed by atoms with van der Waals surface area (Å²) >= 11 is 0. The Balaban J connectivity index is 2.32. The summed E-state index contributed by atoms with van der Waals surface area (Å²) in [5, 5.41) is 3.40. The van der Waals surface area contributed by atoms with E-state index < -0.39 is 0 Å². The highest BCUT2D eigenvalue weighted by Crippen LogP contribution is 2.28. The average Bonchev–Trinajstić information content (AvgIpc) is 2.42. The second-order valence-electron chi connectivity index (χ2n) is 5.00. The molecule has 0 aromatic heterocycles. The highest BCUT2D eigenvalue weighted by atomic mass is 16.5. The molecule has 108 valence electrons. The van der Waals surface area contributed by atoms with E-state index in [-0.39, 0.29) is 0 Å². The first-order valence-corrected chi connectivity index (χ1v) is 7.20. The number of unbranched alkanes of at least 4 members (excludes halogenated alkanes) is 1. The lowest BCUT2D eigenvalue weighted by atomic mass is 10.1. The minimum absolute atomic E-state index is 0.558. The van der Waals surface area contributed by atoms with Crippen molar-refractivity contribution >= 4 is 0 Å². The third-order valence-corrected chi connectivity index (χ3v) is 3.02. The van der Waals surface area contributed by atoms with Crippen LogP contribution in [0, 0.1) is 0 Å². The molecule has 1 rings (SSSR count). The van der Waals surface area contributed by atoms with Gasteiger partial charge in [-0.25, -0.2) is 0 Å². The molecular formula is C16H27NO2. The number of nitrogens with one attached hydrogen (secondary N) is 1. The van der Waals surface area contributed by atoms with Crippen molar-refractivity contribution in [1.82, 2.24) is 5.32 Å². The number of rotatable bonds is 9. The summed E-state index contributed by atoms with van der Waals surface area (Å²) in [6.07, 6.45) is 3.20. The molecule has 0 radical (unpaired) electrons. The third kappa shape index (κ3) is 5.97. The molecule has 1 aromatic rings. The second-order valence-corrected chi connectivity index (χ2v) is 5.00. The number of methoxy groups -OCH3 is 1. The average molecular weight is 265 g/mol. The molecule has 3 heteroatoms. The number of benzene rings is 1. The van der Waals surface area contributed by atoms with Gasteiger partial charge in [-0.3, -0.25) is 0 Å². The van der Waals surface area contributed by atoms with Gasteiger partial charge in [-0.1, -0.05) is 26.8 Å². The van der Waals surface area contributed by atoms with Gasteiger partial charge in [0, 0.05) is 6.04 Å². The van der Waals surface area contributed by atoms with E-state index in [4.69, 9.17) is 9.47 Å². The van der Waals surface area contributed by atoms with E-state index in [9.17, 15) is 0 Å². The maximum atomic E-state index is 5.78. The molecule has 3 nitrogen and oxygen atoms in total. The molecule has 0 heterocycles. The van der Waals surface area contributed by atoms with Gasteiger partial charge in [-0.15, -0.1) is 0 Å². The van der Waals surface area contributed by atoms with Crippen LogP contribution in [-0.2, 0) is 6.42 Å². The minimum atomic E-state index is 0.558. The molecule has 0 unspecified atom stereocenters. The van der Waals surface area contributed by atoms with E-state index in [0.717, 1.165) is 43.9 Å². The molecule has 0 amide bonds. The first kappa shape index (κ1) is 15.8. The lowest BCUT2D eigenvalue weighted by Gasteiger charge is -2.12. The van der Waals surface area contributed by atoms with Crippen molar-refractivity contribution in [3.8, 4) is 11.5 Å². The van der Waals surface area contributed by atoms with Gasteiger partial charge in [0.05, 0.1) is 13.7 Å². The van der Waals surface area contributed by atoms with Gasteiger partial charge < -0.3 is 14.8 Å². The van der Waals surface area contributed by atoms with E-state index in [2.05, 4.69) is 38.2 Å². The Bertz CT molecular complexity index is 364. The molecular weight excluding hydrogens is 238 g/mol. The van der Waals surface area contributed by atoms with E-state index in [1.54, 1.807) is 7.11 Å². The summed E-state index contributed by atoms with van der Waals surface area (Å²) in [7, 11) is 1.69. The molecule has 0 fully saturated rings. The number of aryl methyl sites for hydroxylation is 1. The van der Waals surface area contributed by atoms with Crippen LogP contribution in [-0.4, -0.2) is 26.3 Å². The van der Waals surface area contributed by atoms with Crippen molar-refractivity contribution in [2.45, 2.75) is 46.1 Å². The fraction of sp³-hybridized carbons (Fsp3) is 0.625. The fourth-order valence-electron chi connectivity index (χ4n) is 1.85. The van der Waals surface area contributed by atoms with Crippen LogP contribution < -0.4 is 14.8 Å². The molecule has 0 aliphatic rings. The second kappa shape index (κ2) is 8.81. The van der Waals surface area contributed by atoms with Crippen LogP contribution in [0.4, 0.5) is 0 Å². The van der Waals surface area contributed by atoms with E-state index in [1.807, 2.05) is 6.07 Å². The monoisotopic (exact) mass is 265 g/mol. The summed E-state index contributed by atoms with van der Waals surface area (Å²) in [4.78, 5) is 0. The Morgan fingerprint density at radius 3 is 2.58 bits per heavy atom. The summed E-state index contributed by atoms with van der Waals surface area (Å²) in [6, 6.07) is 6.71. The predicted octanol–water partition coefficient (Wildman–Crippen LogP) is 3.41. The largest absolute Gasteiger partial charge is 0.493 e. The first-order chi connectivity index (χ1) is 9.17. The third-order valence-electron chi connectivity index (χ3n) is 3.02. The Hall–Kier alpha value is -1.22. The van der Waals surface area contributed by atoms with Crippen LogP contribution >= 0.6 is 0 Å². The van der Waals surface area contributed by atoms with Crippen molar-refractivity contribution in [1.29, 1.82) is 0 Å². The van der Waals surface area contributed by atoms with Crippen LogP contribution in [0.15, 0.2) is 18.2 Å². The quantitative estimate of drug-likeness (QED) is 0.694. The molecule has 1 N–H and O–H groups in total. The van der Waals surface area contributed by atoms with Crippen molar-refractivity contribution in [2.24, 2.45) is 0 Å². The van der Waals surface area contributed by atoms with Crippen molar-refractivity contribution in [3.05, 3.63) is 23.8 Å². The van der Waals surface area contributed by atoms with Gasteiger partial charge in [-0.05, 0) is 43.5 Å². The van der Waals surface area contributed by atoms with Crippen LogP contribution in [0.5, 0.6) is 11.5 Å². The highest BCUT2D eigenvalue weighted by molar-refractivity contribution is 5.42. The number of ether oxygens (including phenoxy) is 2. The van der Waals surface area contributed by atoms with Gasteiger partial charge in [0.25, 0.3) is 0 Å². The Labute approximate surface area is 117 Å². The topological polar surface area (TPSA) is 30.5 Å². The maximum Gasteiger partial charge on any atom is 0.161 e. The normalized spacial score (nSPS) is 10.8. The molecule has 0 spiro atoms. The van der Waals surface area contributed by atoms with Crippen molar-refractivity contribution < 1.29 is 9.47 Å². The van der Waals surface area contributed by atoms with Crippen LogP contribution in [0.25, 0.3) is 0 Å². The molecule has 0 saturated carbocycles. The summed E-state index contributed by atoms with van der Waals surface area (Å²) in [5.41, 5.74) is 1.27. The van der Waals surface area contributed by atoms with Crippen LogP contribution in [0.1, 0.15) is 39.2 Å². The standard InChI is InChI=1S/C16H27NO2/c1-5-14-8-9-15(16(12-14)18-4)19-11-7-6-10-17-13(2)3/h8-9,12-13,17H,5-7,10-11H2,1-4H3. The minimum Gasteiger partial charge on any atom is -0.493 e. The van der Waals surface area contributed by atoms with E-state index >= 15 is 0 Å². The first-order valence-electron chi connectivity index (χ1n) is 7.20. The smallest absolute Gasteiger partial charge is 0.161 e. The molecule has 0 aliphatic heterocycles. The molecule has 0 atom stereocenters. The molecule has 19 heavy (non-hydrogen) atoms. The van der Waals surface area contributed by atoms with E-state index in [0.29, 0.717) is 6.04 Å². The zero-order chi connectivity index (χ0) is 14.1. The van der Waals surface area contributed by atoms with Gasteiger partial charge in [0.15, 0.2) is 11.5 Å². The summed E-state index contributed by atoms with van der Waals surface area (Å²) in [6.45, 7) is 8.25. The highest BCUT2D eigenvalue weighted by Gasteiger charge is 2.04. The summed E-state index contributed by atoms with van der Waals surface area (Å²) in [5.74, 6) is 1.68. The zero-order valence-electron chi connectivity index (χ0n) is 12.7. The maximum absolute atomic E-state index is 5.78. The molecule has 0 bridgehead atoms. The lowest BCUT2D eigenvalue weighted by Crippen LogP contribution is -2.23. The van der Waals surface area contributed by atoms with Crippen LogP contribution in [0.3, 0.4) is 0 Å². The van der Waals surface area contributed by atoms with E-state index in [1.165, 1.54) is 5.56 Å². The molecule has 1 aromatic carbocycles. The molecule has 0 aliphatic carbocycles. The van der Waals surface area contributed by atoms with Crippen molar-refractivity contribution in [2.75, 3.05) is 20.3 Å². The molecule has 0 saturated heterocycles. The SMILES string of the molecule is CCc1ccc(OCCCCNC(C)C)c(OC)c1. The van der Waals surface area contributed by atoms with Gasteiger partial charge in [-0.2, -0.15) is 0 Å². The van der Waals surface area contributed by atoms with Crippen molar-refractivity contribution in [3.63, 3.8) is 0 Å². The van der Waals surface area contributed by atoms with Crippen LogP contribution in [0.2, 0.25) is 0 Å². The summed E-state index contributed by atoms with van der Waals surface area (Å²) < 4.78 is 11.1. The Morgan fingerprint density at radius 2 is 1.95 bits per heavy atom. The number of hydrogen-bond donors (Lipinski definition) is 1.